The molecule has 0 radical (unpaired) electrons. The van der Waals surface area contributed by atoms with Crippen molar-refractivity contribution in [3.63, 3.8) is 0 Å². The van der Waals surface area contributed by atoms with Crippen molar-refractivity contribution in [2.75, 3.05) is 0 Å². The lowest BCUT2D eigenvalue weighted by atomic mass is 10.1. The van der Waals surface area contributed by atoms with E-state index in [9.17, 15) is 4.79 Å². The molecule has 0 saturated heterocycles. The molecule has 0 aliphatic rings. The van der Waals surface area contributed by atoms with Crippen LogP contribution in [0.2, 0.25) is 0 Å². The molecule has 0 N–H and O–H groups in total. The van der Waals surface area contributed by atoms with E-state index in [1.54, 1.807) is 6.07 Å². The van der Waals surface area contributed by atoms with E-state index in [2.05, 4.69) is 18.9 Å². The third kappa shape index (κ3) is 1.66. The van der Waals surface area contributed by atoms with Gasteiger partial charge in [-0.15, -0.1) is 0 Å². The van der Waals surface area contributed by atoms with Crippen LogP contribution < -0.4 is 0 Å². The topological polar surface area (TPSA) is 48.0 Å². The van der Waals surface area contributed by atoms with Gasteiger partial charge in [0.25, 0.3) is 0 Å². The van der Waals surface area contributed by atoms with E-state index in [0.717, 1.165) is 23.1 Å². The first-order chi connectivity index (χ1) is 7.63. The van der Waals surface area contributed by atoms with Crippen LogP contribution in [0.15, 0.2) is 22.9 Å². The minimum absolute atomic E-state index is 0.305. The Morgan fingerprint density at radius 2 is 2.19 bits per heavy atom. The summed E-state index contributed by atoms with van der Waals surface area (Å²) in [5.74, 6) is 0.353. The van der Waals surface area contributed by atoms with Gasteiger partial charge in [0, 0.05) is 23.4 Å². The molecule has 0 spiro atoms. The van der Waals surface area contributed by atoms with Crippen LogP contribution in [0.25, 0.3) is 11.1 Å². The molecule has 2 heterocycles. The quantitative estimate of drug-likeness (QED) is 0.744. The maximum Gasteiger partial charge on any atom is 0.185 e. The lowest BCUT2D eigenvalue weighted by Crippen LogP contribution is -2.00. The molecule has 0 saturated carbocycles. The standard InChI is InChI=1S/C12H14N2O2/c1-8(2)14-6-11(9(3)13-14)10-4-5-16-12(10)7-15/h4-8H,1-3H3. The molecule has 0 aliphatic heterocycles. The molecule has 4 heteroatoms. The molecule has 0 unspecified atom stereocenters. The molecule has 4 nitrogen and oxygen atoms in total. The molecule has 2 aromatic rings. The fourth-order valence-corrected chi connectivity index (χ4v) is 1.65. The molecule has 2 rings (SSSR count). The first-order valence-corrected chi connectivity index (χ1v) is 5.22. The van der Waals surface area contributed by atoms with Crippen molar-refractivity contribution in [1.82, 2.24) is 9.78 Å². The van der Waals surface area contributed by atoms with Crippen molar-refractivity contribution < 1.29 is 9.21 Å². The number of nitrogens with zero attached hydrogens (tertiary/aromatic N) is 2. The second-order valence-corrected chi connectivity index (χ2v) is 4.02. The zero-order valence-electron chi connectivity index (χ0n) is 9.60. The average molecular weight is 218 g/mol. The van der Waals surface area contributed by atoms with Gasteiger partial charge in [0.05, 0.1) is 12.0 Å². The molecule has 16 heavy (non-hydrogen) atoms. The fraction of sp³-hybridized carbons (Fsp3) is 0.333. The van der Waals surface area contributed by atoms with E-state index in [1.807, 2.05) is 17.8 Å². The van der Waals surface area contributed by atoms with Crippen LogP contribution in [0, 0.1) is 6.92 Å². The lowest BCUT2D eigenvalue weighted by molar-refractivity contribution is 0.110. The Kier molecular flexibility index (Phi) is 2.64. The first kappa shape index (κ1) is 10.7. The summed E-state index contributed by atoms with van der Waals surface area (Å²) in [6, 6.07) is 2.09. The van der Waals surface area contributed by atoms with Crippen molar-refractivity contribution in [2.24, 2.45) is 0 Å². The number of furan rings is 1. The van der Waals surface area contributed by atoms with Gasteiger partial charge < -0.3 is 4.42 Å². The lowest BCUT2D eigenvalue weighted by Gasteiger charge is -2.02. The van der Waals surface area contributed by atoms with Crippen molar-refractivity contribution in [1.29, 1.82) is 0 Å². The highest BCUT2D eigenvalue weighted by atomic mass is 16.3. The normalized spacial score (nSPS) is 11.0. The van der Waals surface area contributed by atoms with Gasteiger partial charge in [-0.25, -0.2) is 0 Å². The van der Waals surface area contributed by atoms with Crippen LogP contribution in [0.3, 0.4) is 0 Å². The molecule has 0 bridgehead atoms. The number of aldehydes is 1. The van der Waals surface area contributed by atoms with Gasteiger partial charge in [0.1, 0.15) is 0 Å². The summed E-state index contributed by atoms with van der Waals surface area (Å²) in [4.78, 5) is 10.8. The second kappa shape index (κ2) is 3.96. The third-order valence-electron chi connectivity index (χ3n) is 2.54. The summed E-state index contributed by atoms with van der Waals surface area (Å²) >= 11 is 0. The van der Waals surface area contributed by atoms with Gasteiger partial charge in [-0.3, -0.25) is 9.48 Å². The number of hydrogen-bond acceptors (Lipinski definition) is 3. The van der Waals surface area contributed by atoms with Gasteiger partial charge in [0.2, 0.25) is 0 Å². The summed E-state index contributed by atoms with van der Waals surface area (Å²) in [6.45, 7) is 6.05. The molecule has 0 fully saturated rings. The zero-order valence-corrected chi connectivity index (χ0v) is 9.60. The largest absolute Gasteiger partial charge is 0.461 e. The SMILES string of the molecule is Cc1nn(C(C)C)cc1-c1ccoc1C=O. The van der Waals surface area contributed by atoms with Crippen molar-refractivity contribution in [3.05, 3.63) is 30.0 Å². The highest BCUT2D eigenvalue weighted by Gasteiger charge is 2.14. The van der Waals surface area contributed by atoms with Crippen LogP contribution in [-0.2, 0) is 0 Å². The van der Waals surface area contributed by atoms with Gasteiger partial charge in [0.15, 0.2) is 12.0 Å². The predicted octanol–water partition coefficient (Wildman–Crippen LogP) is 2.84. The van der Waals surface area contributed by atoms with Crippen LogP contribution in [0.1, 0.15) is 36.1 Å². The van der Waals surface area contributed by atoms with E-state index >= 15 is 0 Å². The summed E-state index contributed by atoms with van der Waals surface area (Å²) in [5.41, 5.74) is 2.65. The number of aryl methyl sites for hydroxylation is 1. The van der Waals surface area contributed by atoms with E-state index in [4.69, 9.17) is 4.42 Å². The van der Waals surface area contributed by atoms with E-state index in [0.29, 0.717) is 11.8 Å². The Morgan fingerprint density at radius 3 is 2.75 bits per heavy atom. The third-order valence-corrected chi connectivity index (χ3v) is 2.54. The van der Waals surface area contributed by atoms with E-state index in [1.165, 1.54) is 6.26 Å². The van der Waals surface area contributed by atoms with Crippen LogP contribution in [0.4, 0.5) is 0 Å². The zero-order chi connectivity index (χ0) is 11.7. The number of aromatic nitrogens is 2. The Balaban J connectivity index is 2.52. The van der Waals surface area contributed by atoms with E-state index < -0.39 is 0 Å². The first-order valence-electron chi connectivity index (χ1n) is 5.22. The Bertz CT molecular complexity index is 509. The Hall–Kier alpha value is -1.84. The average Bonchev–Trinajstić information content (AvgIpc) is 2.82. The molecule has 0 atom stereocenters. The Labute approximate surface area is 93.9 Å². The van der Waals surface area contributed by atoms with E-state index in [-0.39, 0.29) is 0 Å². The van der Waals surface area contributed by atoms with Crippen LogP contribution in [0.5, 0.6) is 0 Å². The second-order valence-electron chi connectivity index (χ2n) is 4.02. The molecular weight excluding hydrogens is 204 g/mol. The maximum absolute atomic E-state index is 10.8. The van der Waals surface area contributed by atoms with Crippen molar-refractivity contribution >= 4 is 6.29 Å². The van der Waals surface area contributed by atoms with Gasteiger partial charge in [-0.2, -0.15) is 5.10 Å². The highest BCUT2D eigenvalue weighted by molar-refractivity contribution is 5.84. The summed E-state index contributed by atoms with van der Waals surface area (Å²) in [6.07, 6.45) is 4.19. The van der Waals surface area contributed by atoms with Crippen LogP contribution in [-0.4, -0.2) is 16.1 Å². The summed E-state index contributed by atoms with van der Waals surface area (Å²) < 4.78 is 6.97. The van der Waals surface area contributed by atoms with Crippen molar-refractivity contribution in [3.8, 4) is 11.1 Å². The molecule has 2 aromatic heterocycles. The van der Waals surface area contributed by atoms with Gasteiger partial charge in [-0.1, -0.05) is 0 Å². The maximum atomic E-state index is 10.8. The van der Waals surface area contributed by atoms with Gasteiger partial charge >= 0.3 is 0 Å². The predicted molar refractivity (Wildman–Crippen MR) is 60.4 cm³/mol. The molecule has 0 aromatic carbocycles. The van der Waals surface area contributed by atoms with Gasteiger partial charge in [-0.05, 0) is 26.8 Å². The molecular formula is C12H14N2O2. The summed E-state index contributed by atoms with van der Waals surface area (Å²) in [7, 11) is 0. The van der Waals surface area contributed by atoms with Crippen LogP contribution >= 0.6 is 0 Å². The minimum atomic E-state index is 0.305. The number of carbonyl (C=O) groups excluding carboxylic acids is 1. The fourth-order valence-electron chi connectivity index (χ4n) is 1.65. The molecule has 0 amide bonds. The summed E-state index contributed by atoms with van der Waals surface area (Å²) in [5, 5.41) is 4.40. The minimum Gasteiger partial charge on any atom is -0.461 e. The molecule has 84 valence electrons. The smallest absolute Gasteiger partial charge is 0.185 e. The number of rotatable bonds is 3. The molecule has 0 aliphatic carbocycles. The number of carbonyl (C=O) groups is 1. The van der Waals surface area contributed by atoms with Crippen molar-refractivity contribution in [2.45, 2.75) is 26.8 Å². The Morgan fingerprint density at radius 1 is 1.44 bits per heavy atom. The highest BCUT2D eigenvalue weighted by Crippen LogP contribution is 2.27. The monoisotopic (exact) mass is 218 g/mol. The number of hydrogen-bond donors (Lipinski definition) is 0.